The van der Waals surface area contributed by atoms with E-state index in [-0.39, 0.29) is 12.1 Å². The molecule has 4 heteroatoms. The lowest BCUT2D eigenvalue weighted by Crippen LogP contribution is -2.47. The molecule has 118 valence electrons. The summed E-state index contributed by atoms with van der Waals surface area (Å²) in [4.78, 5) is 0. The van der Waals surface area contributed by atoms with Crippen molar-refractivity contribution in [1.29, 1.82) is 0 Å². The molecule has 0 spiro atoms. The largest absolute Gasteiger partial charge is 0.394 e. The van der Waals surface area contributed by atoms with Crippen LogP contribution in [-0.2, 0) is 18.5 Å². The standard InChI is InChI=1S/C18H25N3O/c1-14(2)21-12-15(11-20-21)10-19-18(13-22)9-5-7-16-6-3-4-8-17(16)18/h3-4,6,8,11-12,14,19,22H,5,7,9-10,13H2,1-2H3/t18-/m0/s1. The highest BCUT2D eigenvalue weighted by atomic mass is 16.3. The van der Waals surface area contributed by atoms with E-state index in [0.29, 0.717) is 6.04 Å². The zero-order valence-electron chi connectivity index (χ0n) is 13.4. The van der Waals surface area contributed by atoms with E-state index in [1.165, 1.54) is 11.1 Å². The molecular formula is C18H25N3O. The van der Waals surface area contributed by atoms with Crippen molar-refractivity contribution >= 4 is 0 Å². The number of benzene rings is 1. The van der Waals surface area contributed by atoms with Gasteiger partial charge in [-0.2, -0.15) is 5.10 Å². The summed E-state index contributed by atoms with van der Waals surface area (Å²) < 4.78 is 1.97. The van der Waals surface area contributed by atoms with Crippen LogP contribution in [0.1, 0.15) is 49.4 Å². The summed E-state index contributed by atoms with van der Waals surface area (Å²) in [5, 5.41) is 18.1. The minimum atomic E-state index is -0.325. The molecule has 1 aliphatic rings. The summed E-state index contributed by atoms with van der Waals surface area (Å²) in [6.45, 7) is 5.09. The maximum absolute atomic E-state index is 10.1. The van der Waals surface area contributed by atoms with Gasteiger partial charge in [0.15, 0.2) is 0 Å². The molecule has 0 unspecified atom stereocenters. The van der Waals surface area contributed by atoms with E-state index in [9.17, 15) is 5.11 Å². The lowest BCUT2D eigenvalue weighted by Gasteiger charge is -2.38. The second-order valence-electron chi connectivity index (χ2n) is 6.53. The molecular weight excluding hydrogens is 274 g/mol. The van der Waals surface area contributed by atoms with Gasteiger partial charge in [0.05, 0.1) is 18.3 Å². The first-order chi connectivity index (χ1) is 10.6. The Bertz CT molecular complexity index is 635. The van der Waals surface area contributed by atoms with E-state index in [4.69, 9.17) is 0 Å². The average molecular weight is 299 g/mol. The van der Waals surface area contributed by atoms with Crippen molar-refractivity contribution in [2.45, 2.75) is 51.2 Å². The maximum Gasteiger partial charge on any atom is 0.0674 e. The first-order valence-electron chi connectivity index (χ1n) is 8.12. The van der Waals surface area contributed by atoms with Gasteiger partial charge in [-0.25, -0.2) is 0 Å². The van der Waals surface area contributed by atoms with Gasteiger partial charge in [0.2, 0.25) is 0 Å². The van der Waals surface area contributed by atoms with Gasteiger partial charge in [0, 0.05) is 24.3 Å². The first-order valence-corrected chi connectivity index (χ1v) is 8.12. The Balaban J connectivity index is 1.80. The van der Waals surface area contributed by atoms with Gasteiger partial charge in [-0.05, 0) is 44.2 Å². The van der Waals surface area contributed by atoms with Crippen LogP contribution in [0, 0.1) is 0 Å². The van der Waals surface area contributed by atoms with E-state index < -0.39 is 0 Å². The monoisotopic (exact) mass is 299 g/mol. The van der Waals surface area contributed by atoms with Crippen molar-refractivity contribution in [2.75, 3.05) is 6.61 Å². The highest BCUT2D eigenvalue weighted by molar-refractivity contribution is 5.36. The molecule has 0 fully saturated rings. The Morgan fingerprint density at radius 2 is 2.18 bits per heavy atom. The fourth-order valence-corrected chi connectivity index (χ4v) is 3.35. The Hall–Kier alpha value is -1.65. The number of fused-ring (bicyclic) bond motifs is 1. The molecule has 22 heavy (non-hydrogen) atoms. The number of aliphatic hydroxyl groups excluding tert-OH is 1. The maximum atomic E-state index is 10.1. The number of aromatic nitrogens is 2. The van der Waals surface area contributed by atoms with Gasteiger partial charge in [-0.15, -0.1) is 0 Å². The molecule has 1 atom stereocenters. The van der Waals surface area contributed by atoms with Gasteiger partial charge in [0.25, 0.3) is 0 Å². The Labute approximate surface area is 132 Å². The van der Waals surface area contributed by atoms with Crippen LogP contribution in [0.5, 0.6) is 0 Å². The van der Waals surface area contributed by atoms with E-state index in [0.717, 1.165) is 31.4 Å². The molecule has 2 aromatic rings. The highest BCUT2D eigenvalue weighted by Crippen LogP contribution is 2.35. The van der Waals surface area contributed by atoms with Crippen molar-refractivity contribution in [1.82, 2.24) is 15.1 Å². The van der Waals surface area contributed by atoms with E-state index in [1.807, 2.05) is 10.9 Å². The molecule has 1 aromatic heterocycles. The van der Waals surface area contributed by atoms with Gasteiger partial charge in [-0.1, -0.05) is 24.3 Å². The van der Waals surface area contributed by atoms with Crippen molar-refractivity contribution in [3.8, 4) is 0 Å². The number of nitrogens with one attached hydrogen (secondary N) is 1. The zero-order chi connectivity index (χ0) is 15.6. The van der Waals surface area contributed by atoms with Crippen LogP contribution >= 0.6 is 0 Å². The third kappa shape index (κ3) is 2.81. The lowest BCUT2D eigenvalue weighted by atomic mass is 9.77. The van der Waals surface area contributed by atoms with Crippen LogP contribution in [-0.4, -0.2) is 21.5 Å². The molecule has 4 nitrogen and oxygen atoms in total. The topological polar surface area (TPSA) is 50.1 Å². The van der Waals surface area contributed by atoms with Crippen molar-refractivity contribution < 1.29 is 5.11 Å². The molecule has 0 bridgehead atoms. The fourth-order valence-electron chi connectivity index (χ4n) is 3.35. The Morgan fingerprint density at radius 3 is 2.91 bits per heavy atom. The second-order valence-corrected chi connectivity index (χ2v) is 6.53. The van der Waals surface area contributed by atoms with Crippen LogP contribution in [0.15, 0.2) is 36.7 Å². The number of rotatable bonds is 5. The fraction of sp³-hybridized carbons (Fsp3) is 0.500. The summed E-state index contributed by atoms with van der Waals surface area (Å²) in [5.41, 5.74) is 3.44. The number of aliphatic hydroxyl groups is 1. The van der Waals surface area contributed by atoms with E-state index in [1.54, 1.807) is 0 Å². The third-order valence-electron chi connectivity index (χ3n) is 4.67. The molecule has 1 aliphatic carbocycles. The molecule has 3 rings (SSSR count). The summed E-state index contributed by atoms with van der Waals surface area (Å²) >= 11 is 0. The van der Waals surface area contributed by atoms with Crippen LogP contribution in [0.4, 0.5) is 0 Å². The van der Waals surface area contributed by atoms with Crippen molar-refractivity contribution in [3.05, 3.63) is 53.3 Å². The summed E-state index contributed by atoms with van der Waals surface area (Å²) in [6, 6.07) is 8.84. The normalized spacial score (nSPS) is 21.1. The Morgan fingerprint density at radius 1 is 1.36 bits per heavy atom. The van der Waals surface area contributed by atoms with Crippen LogP contribution in [0.2, 0.25) is 0 Å². The third-order valence-corrected chi connectivity index (χ3v) is 4.67. The van der Waals surface area contributed by atoms with Crippen molar-refractivity contribution in [2.24, 2.45) is 0 Å². The predicted octanol–water partition coefficient (Wildman–Crippen LogP) is 2.78. The number of hydrogen-bond donors (Lipinski definition) is 2. The van der Waals surface area contributed by atoms with E-state index >= 15 is 0 Å². The molecule has 1 heterocycles. The van der Waals surface area contributed by atoms with E-state index in [2.05, 4.69) is 54.7 Å². The van der Waals surface area contributed by atoms with Crippen LogP contribution < -0.4 is 5.32 Å². The summed E-state index contributed by atoms with van der Waals surface area (Å²) in [5.74, 6) is 0. The molecule has 1 aromatic carbocycles. The summed E-state index contributed by atoms with van der Waals surface area (Å²) in [7, 11) is 0. The van der Waals surface area contributed by atoms with Gasteiger partial charge in [-0.3, -0.25) is 4.68 Å². The molecule has 0 amide bonds. The zero-order valence-corrected chi connectivity index (χ0v) is 13.4. The summed E-state index contributed by atoms with van der Waals surface area (Å²) in [6.07, 6.45) is 7.17. The molecule has 0 radical (unpaired) electrons. The van der Waals surface area contributed by atoms with Crippen LogP contribution in [0.3, 0.4) is 0 Å². The smallest absolute Gasteiger partial charge is 0.0674 e. The van der Waals surface area contributed by atoms with Crippen LogP contribution in [0.25, 0.3) is 0 Å². The molecule has 2 N–H and O–H groups in total. The quantitative estimate of drug-likeness (QED) is 0.892. The SMILES string of the molecule is CC(C)n1cc(CN[C@]2(CO)CCCc3ccccc32)cn1. The molecule has 0 saturated heterocycles. The van der Waals surface area contributed by atoms with Gasteiger partial charge in [0.1, 0.15) is 0 Å². The molecule has 0 aliphatic heterocycles. The minimum Gasteiger partial charge on any atom is -0.394 e. The van der Waals surface area contributed by atoms with Crippen molar-refractivity contribution in [3.63, 3.8) is 0 Å². The minimum absolute atomic E-state index is 0.127. The first kappa shape index (κ1) is 15.3. The Kier molecular flexibility index (Phi) is 4.32. The van der Waals surface area contributed by atoms with Gasteiger partial charge >= 0.3 is 0 Å². The predicted molar refractivity (Wildman–Crippen MR) is 87.6 cm³/mol. The lowest BCUT2D eigenvalue weighted by molar-refractivity contribution is 0.140. The number of hydrogen-bond acceptors (Lipinski definition) is 3. The number of aryl methyl sites for hydroxylation is 1. The highest BCUT2D eigenvalue weighted by Gasteiger charge is 2.35. The average Bonchev–Trinajstić information content (AvgIpc) is 3.02. The molecule has 0 saturated carbocycles. The number of nitrogens with zero attached hydrogens (tertiary/aromatic N) is 2. The second kappa shape index (κ2) is 6.23. The van der Waals surface area contributed by atoms with Gasteiger partial charge < -0.3 is 10.4 Å².